The van der Waals surface area contributed by atoms with Gasteiger partial charge in [0, 0.05) is 18.6 Å². The molecule has 1 unspecified atom stereocenters. The van der Waals surface area contributed by atoms with E-state index < -0.39 is 4.92 Å². The maximum atomic E-state index is 12.3. The number of aliphatic hydroxyl groups excluding tert-OH is 1. The van der Waals surface area contributed by atoms with Crippen LogP contribution in [0.3, 0.4) is 0 Å². The molecule has 0 aromatic carbocycles. The van der Waals surface area contributed by atoms with Gasteiger partial charge in [-0.3, -0.25) is 14.9 Å². The molecular formula is C22H33NO4. The van der Waals surface area contributed by atoms with Crippen LogP contribution in [0.25, 0.3) is 0 Å². The number of aliphatic hydroxyl groups is 1. The van der Waals surface area contributed by atoms with Gasteiger partial charge in [-0.2, -0.15) is 0 Å². The second-order valence-corrected chi connectivity index (χ2v) is 10.2. The molecule has 0 saturated heterocycles. The summed E-state index contributed by atoms with van der Waals surface area (Å²) in [6.45, 7) is 7.10. The minimum absolute atomic E-state index is 0.0752. The van der Waals surface area contributed by atoms with Gasteiger partial charge >= 0.3 is 5.70 Å². The summed E-state index contributed by atoms with van der Waals surface area (Å²) in [6.07, 6.45) is 7.48. The van der Waals surface area contributed by atoms with E-state index in [4.69, 9.17) is 0 Å². The van der Waals surface area contributed by atoms with E-state index in [9.17, 15) is 20.0 Å². The molecule has 150 valence electrons. The maximum absolute atomic E-state index is 12.3. The topological polar surface area (TPSA) is 80.4 Å². The highest BCUT2D eigenvalue weighted by Crippen LogP contribution is 2.67. The molecule has 5 heteroatoms. The Hall–Kier alpha value is -1.23. The molecular weight excluding hydrogens is 342 g/mol. The van der Waals surface area contributed by atoms with E-state index in [1.54, 1.807) is 0 Å². The molecule has 7 atom stereocenters. The van der Waals surface area contributed by atoms with Crippen LogP contribution in [-0.4, -0.2) is 22.4 Å². The van der Waals surface area contributed by atoms with Crippen molar-refractivity contribution in [1.29, 1.82) is 0 Å². The van der Waals surface area contributed by atoms with Crippen molar-refractivity contribution in [3.8, 4) is 0 Å². The van der Waals surface area contributed by atoms with Crippen LogP contribution in [0.4, 0.5) is 0 Å². The van der Waals surface area contributed by atoms with Crippen molar-refractivity contribution in [3.05, 3.63) is 21.4 Å². The van der Waals surface area contributed by atoms with Gasteiger partial charge < -0.3 is 5.11 Å². The molecule has 3 saturated carbocycles. The van der Waals surface area contributed by atoms with Gasteiger partial charge in [-0.15, -0.1) is 0 Å². The van der Waals surface area contributed by atoms with Crippen LogP contribution in [-0.2, 0) is 4.79 Å². The van der Waals surface area contributed by atoms with Gasteiger partial charge in [0.2, 0.25) is 5.78 Å². The Balaban J connectivity index is 1.69. The normalized spacial score (nSPS) is 45.1. The number of nitrogens with zero attached hydrogens (tertiary/aromatic N) is 1. The first-order chi connectivity index (χ1) is 12.7. The van der Waals surface area contributed by atoms with Gasteiger partial charge in [0.15, 0.2) is 0 Å². The minimum atomic E-state index is -0.406. The molecule has 0 aromatic heterocycles. The summed E-state index contributed by atoms with van der Waals surface area (Å²) in [4.78, 5) is 23.5. The van der Waals surface area contributed by atoms with E-state index >= 15 is 0 Å². The Kier molecular flexibility index (Phi) is 4.53. The quantitative estimate of drug-likeness (QED) is 0.587. The fourth-order valence-electron chi connectivity index (χ4n) is 8.00. The maximum Gasteiger partial charge on any atom is 0.311 e. The van der Waals surface area contributed by atoms with E-state index in [1.165, 1.54) is 12.8 Å². The molecule has 4 aliphatic rings. The number of carbonyl (C=O) groups is 1. The van der Waals surface area contributed by atoms with Crippen LogP contribution in [0.15, 0.2) is 11.3 Å². The number of nitro groups is 1. The predicted octanol–water partition coefficient (Wildman–Crippen LogP) is 4.37. The Bertz CT molecular complexity index is 700. The Morgan fingerprint density at radius 2 is 1.89 bits per heavy atom. The first-order valence-corrected chi connectivity index (χ1v) is 10.8. The summed E-state index contributed by atoms with van der Waals surface area (Å²) in [7, 11) is 0. The largest absolute Gasteiger partial charge is 0.396 e. The zero-order valence-electron chi connectivity index (χ0n) is 16.9. The monoisotopic (exact) mass is 375 g/mol. The average Bonchev–Trinajstić information content (AvgIpc) is 2.98. The Labute approximate surface area is 161 Å². The van der Waals surface area contributed by atoms with Crippen LogP contribution < -0.4 is 0 Å². The second-order valence-electron chi connectivity index (χ2n) is 10.2. The second kappa shape index (κ2) is 6.40. The molecule has 0 bridgehead atoms. The van der Waals surface area contributed by atoms with E-state index in [0.717, 1.165) is 31.3 Å². The fraction of sp³-hybridized carbons (Fsp3) is 0.864. The summed E-state index contributed by atoms with van der Waals surface area (Å²) >= 11 is 0. The number of rotatable bonds is 3. The number of carbonyl (C=O) groups excluding carboxylic acids is 1. The van der Waals surface area contributed by atoms with Crippen LogP contribution in [0.2, 0.25) is 0 Å². The summed E-state index contributed by atoms with van der Waals surface area (Å²) < 4.78 is 0. The zero-order chi connectivity index (χ0) is 19.6. The van der Waals surface area contributed by atoms with Gasteiger partial charge in [0.1, 0.15) is 0 Å². The molecule has 0 amide bonds. The Morgan fingerprint density at radius 3 is 2.56 bits per heavy atom. The van der Waals surface area contributed by atoms with Crippen molar-refractivity contribution in [2.45, 2.75) is 72.1 Å². The number of hydrogen-bond acceptors (Lipinski definition) is 4. The number of fused-ring (bicyclic) bond motifs is 5. The molecule has 27 heavy (non-hydrogen) atoms. The molecule has 0 aromatic rings. The molecule has 0 heterocycles. The van der Waals surface area contributed by atoms with Crippen LogP contribution in [0, 0.1) is 50.5 Å². The van der Waals surface area contributed by atoms with E-state index in [1.807, 2.05) is 0 Å². The highest BCUT2D eigenvalue weighted by molar-refractivity contribution is 5.95. The number of Topliss-reactive ketones (excluding diaryl/α,β-unsaturated/α-hetero) is 1. The SMILES string of the molecule is CC(CO)[C@H]1CC[C@H]2[C@@H]3CCC4=C([N+](=O)[O-])C(=O)CC[C@]4(C)[C@H]3CC[C@]12C. The molecule has 4 rings (SSSR count). The third-order valence-electron chi connectivity index (χ3n) is 9.32. The molecule has 3 fully saturated rings. The van der Waals surface area contributed by atoms with E-state index in [2.05, 4.69) is 20.8 Å². The number of allylic oxidation sites excluding steroid dienone is 1. The van der Waals surface area contributed by atoms with Crippen molar-refractivity contribution >= 4 is 5.78 Å². The van der Waals surface area contributed by atoms with Gasteiger partial charge in [-0.25, -0.2) is 0 Å². The standard InChI is InChI=1S/C22H33NO4/c1-13(12-24)15-6-7-16-14-4-5-18-20(23(26)27)19(25)9-11-22(18,3)17(14)8-10-21(15,16)2/h13-17,24H,4-12H2,1-3H3/t13?,14-,15+,16-,17-,21+,22+/m0/s1. The van der Waals surface area contributed by atoms with Crippen molar-refractivity contribution in [1.82, 2.24) is 0 Å². The smallest absolute Gasteiger partial charge is 0.311 e. The van der Waals surface area contributed by atoms with Crippen LogP contribution in [0.1, 0.15) is 72.1 Å². The fourth-order valence-corrected chi connectivity index (χ4v) is 8.00. The lowest BCUT2D eigenvalue weighted by Crippen LogP contribution is -2.51. The molecule has 0 aliphatic heterocycles. The van der Waals surface area contributed by atoms with E-state index in [0.29, 0.717) is 42.4 Å². The zero-order valence-corrected chi connectivity index (χ0v) is 16.9. The number of ketones is 1. The first-order valence-electron chi connectivity index (χ1n) is 10.8. The highest BCUT2D eigenvalue weighted by Gasteiger charge is 2.61. The van der Waals surface area contributed by atoms with E-state index in [-0.39, 0.29) is 28.9 Å². The van der Waals surface area contributed by atoms with Crippen molar-refractivity contribution in [2.75, 3.05) is 6.61 Å². The van der Waals surface area contributed by atoms with Crippen molar-refractivity contribution in [3.63, 3.8) is 0 Å². The Morgan fingerprint density at radius 1 is 1.15 bits per heavy atom. The third-order valence-corrected chi connectivity index (χ3v) is 9.32. The van der Waals surface area contributed by atoms with Crippen LogP contribution >= 0.6 is 0 Å². The molecule has 0 spiro atoms. The lowest BCUT2D eigenvalue weighted by atomic mass is 9.46. The summed E-state index contributed by atoms with van der Waals surface area (Å²) in [5.74, 6) is 2.40. The van der Waals surface area contributed by atoms with Gasteiger partial charge in [-0.1, -0.05) is 20.8 Å². The predicted molar refractivity (Wildman–Crippen MR) is 102 cm³/mol. The minimum Gasteiger partial charge on any atom is -0.396 e. The first kappa shape index (κ1) is 19.1. The molecule has 4 aliphatic carbocycles. The number of hydrogen-bond donors (Lipinski definition) is 1. The lowest BCUT2D eigenvalue weighted by Gasteiger charge is -2.58. The summed E-state index contributed by atoms with van der Waals surface area (Å²) in [5.41, 5.74) is 0.888. The van der Waals surface area contributed by atoms with Gasteiger partial charge in [0.25, 0.3) is 0 Å². The average molecular weight is 376 g/mol. The van der Waals surface area contributed by atoms with Crippen molar-refractivity contribution in [2.24, 2.45) is 40.4 Å². The molecule has 0 radical (unpaired) electrons. The molecule has 1 N–H and O–H groups in total. The van der Waals surface area contributed by atoms with Crippen LogP contribution in [0.5, 0.6) is 0 Å². The molecule has 5 nitrogen and oxygen atoms in total. The summed E-state index contributed by atoms with van der Waals surface area (Å²) in [5, 5.41) is 21.3. The third kappa shape index (κ3) is 2.56. The lowest BCUT2D eigenvalue weighted by molar-refractivity contribution is -0.422. The van der Waals surface area contributed by atoms with Gasteiger partial charge in [0.05, 0.1) is 4.92 Å². The highest BCUT2D eigenvalue weighted by atomic mass is 16.6. The van der Waals surface area contributed by atoms with Gasteiger partial charge in [-0.05, 0) is 85.4 Å². The summed E-state index contributed by atoms with van der Waals surface area (Å²) in [6, 6.07) is 0. The van der Waals surface area contributed by atoms with Crippen molar-refractivity contribution < 1.29 is 14.8 Å².